The molecule has 0 fully saturated rings. The van der Waals surface area contributed by atoms with Crippen molar-refractivity contribution in [3.8, 4) is 0 Å². The van der Waals surface area contributed by atoms with Crippen molar-refractivity contribution in [3.63, 3.8) is 0 Å². The van der Waals surface area contributed by atoms with Crippen molar-refractivity contribution in [2.45, 2.75) is 44.9 Å². The monoisotopic (exact) mass is 606 g/mol. The van der Waals surface area contributed by atoms with Gasteiger partial charge < -0.3 is 14.2 Å². The molecule has 0 heterocycles. The number of hydrogen-bond donors (Lipinski definition) is 0. The number of ether oxygens (including phenoxy) is 3. The van der Waals surface area contributed by atoms with E-state index in [9.17, 15) is 14.4 Å². The van der Waals surface area contributed by atoms with Crippen LogP contribution in [0.2, 0.25) is 0 Å². The second-order valence-corrected chi connectivity index (χ2v) is 8.08. The van der Waals surface area contributed by atoms with Crippen molar-refractivity contribution in [3.05, 3.63) is 77.9 Å². The smallest absolute Gasteiger partial charge is 0.469 e. The van der Waals surface area contributed by atoms with Crippen LogP contribution in [0.1, 0.15) is 44.9 Å². The van der Waals surface area contributed by atoms with Gasteiger partial charge in [0.05, 0.1) is 27.8 Å². The molecule has 0 amide bonds. The summed E-state index contributed by atoms with van der Waals surface area (Å²) >= 11 is 2.13. The average molecular weight is 606 g/mol. The molecule has 6 nitrogen and oxygen atoms in total. The molecule has 3 rings (SSSR count). The van der Waals surface area contributed by atoms with E-state index in [4.69, 9.17) is 0 Å². The van der Waals surface area contributed by atoms with Gasteiger partial charge >= 0.3 is 47.5 Å². The van der Waals surface area contributed by atoms with E-state index in [0.717, 1.165) is 30.1 Å². The molecule has 0 atom stereocenters. The molecule has 2 aliphatic rings. The maximum Gasteiger partial charge on any atom is 1.00 e. The van der Waals surface area contributed by atoms with Gasteiger partial charge in [0.2, 0.25) is 0 Å². The van der Waals surface area contributed by atoms with E-state index in [1.54, 1.807) is 0 Å². The number of carbonyl (C=O) groups excluding carboxylic acids is 3. The van der Waals surface area contributed by atoms with Crippen LogP contribution in [0.5, 0.6) is 0 Å². The molecule has 2 aliphatic carbocycles. The Hall–Kier alpha value is -1.55. The Morgan fingerprint density at radius 3 is 1.83 bits per heavy atom. The van der Waals surface area contributed by atoms with Crippen LogP contribution in [0.25, 0.3) is 0 Å². The quantitative estimate of drug-likeness (QED) is 0.113. The number of alkyl halides is 1. The van der Waals surface area contributed by atoms with Crippen LogP contribution >= 0.6 is 22.6 Å². The maximum absolute atomic E-state index is 10.7. The van der Waals surface area contributed by atoms with E-state index in [0.29, 0.717) is 19.3 Å². The van der Waals surface area contributed by atoms with Crippen LogP contribution in [0, 0.1) is 0 Å². The minimum absolute atomic E-state index is 0. The summed E-state index contributed by atoms with van der Waals surface area (Å²) in [4.78, 5) is 31.6. The van der Waals surface area contributed by atoms with Crippen LogP contribution in [-0.4, -0.2) is 43.7 Å². The molecule has 1 aromatic rings. The molecule has 0 radical (unpaired) electrons. The van der Waals surface area contributed by atoms with Gasteiger partial charge in [-0.25, -0.2) is 12.1 Å². The first-order chi connectivity index (χ1) is 16.5. The molecular weight excluding hydrogens is 570 g/mol. The van der Waals surface area contributed by atoms with Gasteiger partial charge in [-0.05, 0) is 25.7 Å². The maximum atomic E-state index is 10.7. The summed E-state index contributed by atoms with van der Waals surface area (Å²) in [7, 11) is 4.24. The Kier molecular flexibility index (Phi) is 26.0. The van der Waals surface area contributed by atoms with Crippen molar-refractivity contribution in [1.82, 2.24) is 0 Å². The average Bonchev–Trinajstić information content (AvgIpc) is 3.67. The third-order valence-corrected chi connectivity index (χ3v) is 5.04. The topological polar surface area (TPSA) is 78.9 Å². The fourth-order valence-electron chi connectivity index (χ4n) is 2.58. The predicted molar refractivity (Wildman–Crippen MR) is 144 cm³/mol. The first-order valence-electron chi connectivity index (χ1n) is 11.1. The molecule has 0 saturated carbocycles. The van der Waals surface area contributed by atoms with Crippen molar-refractivity contribution in [2.75, 3.05) is 25.8 Å². The zero-order valence-corrected chi connectivity index (χ0v) is 25.5. The molecule has 8 heteroatoms. The fraction of sp³-hybridized carbons (Fsp3) is 0.407. The minimum Gasteiger partial charge on any atom is -0.469 e. The van der Waals surface area contributed by atoms with Crippen molar-refractivity contribution in [1.29, 1.82) is 0 Å². The molecule has 0 bridgehead atoms. The predicted octanol–water partition coefficient (Wildman–Crippen LogP) is 3.05. The number of esters is 3. The number of hydrogen-bond acceptors (Lipinski definition) is 6. The van der Waals surface area contributed by atoms with Gasteiger partial charge in [0, 0.05) is 17.3 Å². The van der Waals surface area contributed by atoms with Crippen LogP contribution in [0.15, 0.2) is 77.9 Å². The van der Waals surface area contributed by atoms with Gasteiger partial charge in [-0.1, -0.05) is 70.2 Å². The van der Waals surface area contributed by atoms with Crippen molar-refractivity contribution < 1.29 is 58.2 Å². The van der Waals surface area contributed by atoms with E-state index >= 15 is 0 Å². The van der Waals surface area contributed by atoms with Gasteiger partial charge in [-0.15, -0.1) is 0 Å². The van der Waals surface area contributed by atoms with Crippen molar-refractivity contribution >= 4 is 40.5 Å². The van der Waals surface area contributed by atoms with E-state index in [-0.39, 0.29) is 47.5 Å². The third-order valence-electron chi connectivity index (χ3n) is 4.50. The standard InChI is InChI=1S/2C9H12O2.C5H5.C4H7IO2.Na/c2*1-11-9(10)7-6-8-4-2-3-5-8;1-2-4-5-3-1;1-7-4(6)2-3-5;/h2,4-5H,3,6-7H2,1H3;2-4H,5-7H2,1H3;1-5H;2-3H2,1H3;/q;;-1;;+1. The summed E-state index contributed by atoms with van der Waals surface area (Å²) in [6.07, 6.45) is 17.6. The Morgan fingerprint density at radius 1 is 0.886 bits per heavy atom. The number of allylic oxidation sites excluding steroid dienone is 8. The molecule has 0 saturated heterocycles. The molecule has 0 unspecified atom stereocenters. The summed E-state index contributed by atoms with van der Waals surface area (Å²) in [5.41, 5.74) is 2.56. The van der Waals surface area contributed by atoms with Crippen LogP contribution < -0.4 is 29.6 Å². The summed E-state index contributed by atoms with van der Waals surface area (Å²) in [6.45, 7) is 0. The van der Waals surface area contributed by atoms with Gasteiger partial charge in [0.25, 0.3) is 0 Å². The second kappa shape index (κ2) is 25.5. The molecule has 0 N–H and O–H groups in total. The molecule has 0 spiro atoms. The van der Waals surface area contributed by atoms with Gasteiger partial charge in [0.15, 0.2) is 0 Å². The molecule has 1 aromatic carbocycles. The minimum atomic E-state index is -0.133. The zero-order chi connectivity index (χ0) is 25.4. The first kappa shape index (κ1) is 35.6. The Balaban J connectivity index is 0. The van der Waals surface area contributed by atoms with Gasteiger partial charge in [-0.2, -0.15) is 18.2 Å². The first-order valence-corrected chi connectivity index (χ1v) is 12.6. The number of methoxy groups -OCH3 is 3. The van der Waals surface area contributed by atoms with Crippen molar-refractivity contribution in [2.24, 2.45) is 0 Å². The zero-order valence-electron chi connectivity index (χ0n) is 21.3. The molecule has 188 valence electrons. The largest absolute Gasteiger partial charge is 1.00 e. The third kappa shape index (κ3) is 22.6. The normalized spacial score (nSPS) is 12.1. The second-order valence-electron chi connectivity index (χ2n) is 7.00. The molecule has 0 aliphatic heterocycles. The summed E-state index contributed by atoms with van der Waals surface area (Å²) in [6, 6.07) is 10.0. The number of rotatable bonds is 8. The Labute approximate surface area is 245 Å². The molecule has 0 aromatic heterocycles. The molecule has 35 heavy (non-hydrogen) atoms. The summed E-state index contributed by atoms with van der Waals surface area (Å²) < 4.78 is 14.2. The Bertz CT molecular complexity index is 792. The summed E-state index contributed by atoms with van der Waals surface area (Å²) in [5.74, 6) is -0.390. The van der Waals surface area contributed by atoms with Crippen LogP contribution in [0.4, 0.5) is 0 Å². The van der Waals surface area contributed by atoms with E-state index in [2.05, 4.69) is 67.2 Å². The number of carbonyl (C=O) groups is 3. The van der Waals surface area contributed by atoms with Crippen LogP contribution in [0.3, 0.4) is 0 Å². The SMILES string of the molecule is COC(=O)CCC1=CC=CC1.COC(=O)CCC1=CCC=C1.COC(=O)CCI.[Na+].c1cc[cH-]c1. The van der Waals surface area contributed by atoms with E-state index < -0.39 is 0 Å². The fourth-order valence-corrected chi connectivity index (χ4v) is 3.02. The Morgan fingerprint density at radius 2 is 1.46 bits per heavy atom. The van der Waals surface area contributed by atoms with Gasteiger partial charge in [0.1, 0.15) is 0 Å². The molecular formula is C27H36INaO6. The summed E-state index contributed by atoms with van der Waals surface area (Å²) in [5, 5.41) is 0. The number of halogens is 1. The van der Waals surface area contributed by atoms with Crippen LogP contribution in [-0.2, 0) is 28.6 Å². The van der Waals surface area contributed by atoms with E-state index in [1.165, 1.54) is 32.5 Å². The van der Waals surface area contributed by atoms with E-state index in [1.807, 2.05) is 36.4 Å². The van der Waals surface area contributed by atoms with Gasteiger partial charge in [-0.3, -0.25) is 14.4 Å².